The zero-order chi connectivity index (χ0) is 16.5. The van der Waals surface area contributed by atoms with Crippen molar-refractivity contribution in [3.8, 4) is 0 Å². The summed E-state index contributed by atoms with van der Waals surface area (Å²) in [4.78, 5) is 35.1. The first kappa shape index (κ1) is 15.7. The first-order chi connectivity index (χ1) is 10.2. The van der Waals surface area contributed by atoms with Crippen molar-refractivity contribution in [2.75, 3.05) is 18.4 Å². The van der Waals surface area contributed by atoms with E-state index in [1.54, 1.807) is 19.9 Å². The maximum atomic E-state index is 12.2. The molecule has 8 heteroatoms. The van der Waals surface area contributed by atoms with Crippen LogP contribution in [0.15, 0.2) is 18.2 Å². The van der Waals surface area contributed by atoms with E-state index in [2.05, 4.69) is 5.32 Å². The molecule has 0 aliphatic carbocycles. The summed E-state index contributed by atoms with van der Waals surface area (Å²) >= 11 is 0. The van der Waals surface area contributed by atoms with Gasteiger partial charge in [0.25, 0.3) is 5.69 Å². The molecule has 1 aliphatic heterocycles. The van der Waals surface area contributed by atoms with Crippen LogP contribution in [0.5, 0.6) is 0 Å². The highest BCUT2D eigenvalue weighted by molar-refractivity contribution is 5.91. The van der Waals surface area contributed by atoms with Crippen molar-refractivity contribution < 1.29 is 19.6 Å². The van der Waals surface area contributed by atoms with E-state index in [0.29, 0.717) is 24.2 Å². The first-order valence-corrected chi connectivity index (χ1v) is 6.77. The van der Waals surface area contributed by atoms with Crippen LogP contribution in [-0.4, -0.2) is 40.0 Å². The van der Waals surface area contributed by atoms with Crippen LogP contribution in [-0.2, 0) is 4.79 Å². The van der Waals surface area contributed by atoms with Gasteiger partial charge in [-0.1, -0.05) is 6.07 Å². The summed E-state index contributed by atoms with van der Waals surface area (Å²) < 4.78 is 0. The van der Waals surface area contributed by atoms with Crippen molar-refractivity contribution in [1.82, 2.24) is 4.90 Å². The van der Waals surface area contributed by atoms with Gasteiger partial charge in [0.15, 0.2) is 0 Å². The normalized spacial score (nSPS) is 20.7. The molecule has 0 radical (unpaired) electrons. The standard InChI is InChI=1S/C14H17N3O5/c1-9-3-4-10(17(21)22)7-11(9)15-13(20)16-6-5-14(2,8-16)12(18)19/h3-4,7H,5-6,8H2,1-2H3,(H,15,20)(H,18,19). The summed E-state index contributed by atoms with van der Waals surface area (Å²) in [7, 11) is 0. The molecule has 8 nitrogen and oxygen atoms in total. The van der Waals surface area contributed by atoms with Crippen LogP contribution in [0.25, 0.3) is 0 Å². The Labute approximate surface area is 126 Å². The van der Waals surface area contributed by atoms with Crippen LogP contribution >= 0.6 is 0 Å². The Kier molecular flexibility index (Phi) is 4.03. The molecule has 1 saturated heterocycles. The van der Waals surface area contributed by atoms with Gasteiger partial charge in [-0.25, -0.2) is 4.79 Å². The van der Waals surface area contributed by atoms with Crippen LogP contribution in [0.3, 0.4) is 0 Å². The Bertz CT molecular complexity index is 645. The van der Waals surface area contributed by atoms with Crippen molar-refractivity contribution in [3.05, 3.63) is 33.9 Å². The number of aliphatic carboxylic acids is 1. The quantitative estimate of drug-likeness (QED) is 0.656. The number of carboxylic acids is 1. The molecule has 1 fully saturated rings. The molecule has 2 amide bonds. The molecular formula is C14H17N3O5. The summed E-state index contributed by atoms with van der Waals surface area (Å²) in [5.41, 5.74) is -0.0188. The van der Waals surface area contributed by atoms with Crippen LogP contribution < -0.4 is 5.32 Å². The minimum Gasteiger partial charge on any atom is -0.481 e. The maximum Gasteiger partial charge on any atom is 0.321 e. The van der Waals surface area contributed by atoms with Gasteiger partial charge in [0, 0.05) is 25.2 Å². The predicted octanol–water partition coefficient (Wildman–Crippen LogP) is 2.23. The number of nitro benzene ring substituents is 1. The molecule has 1 aliphatic rings. The second-order valence-electron chi connectivity index (χ2n) is 5.72. The number of nitrogens with one attached hydrogen (secondary N) is 1. The molecule has 0 saturated carbocycles. The number of non-ortho nitro benzene ring substituents is 1. The molecule has 2 rings (SSSR count). The smallest absolute Gasteiger partial charge is 0.321 e. The molecule has 1 aromatic carbocycles. The van der Waals surface area contributed by atoms with Crippen molar-refractivity contribution in [3.63, 3.8) is 0 Å². The average molecular weight is 307 g/mol. The Morgan fingerprint density at radius 1 is 1.45 bits per heavy atom. The third-order valence-electron chi connectivity index (χ3n) is 3.95. The van der Waals surface area contributed by atoms with E-state index < -0.39 is 22.3 Å². The number of amides is 2. The number of hydrogen-bond donors (Lipinski definition) is 2. The van der Waals surface area contributed by atoms with E-state index in [0.717, 1.165) is 0 Å². The molecule has 0 bridgehead atoms. The number of anilines is 1. The first-order valence-electron chi connectivity index (χ1n) is 6.77. The van der Waals surface area contributed by atoms with Gasteiger partial charge in [-0.15, -0.1) is 0 Å². The summed E-state index contributed by atoms with van der Waals surface area (Å²) in [6.07, 6.45) is 0.379. The Hall–Kier alpha value is -2.64. The summed E-state index contributed by atoms with van der Waals surface area (Å²) in [6.45, 7) is 3.77. The van der Waals surface area contributed by atoms with Gasteiger partial charge in [-0.05, 0) is 25.8 Å². The minimum absolute atomic E-state index is 0.113. The van der Waals surface area contributed by atoms with Gasteiger partial charge in [0.2, 0.25) is 0 Å². The molecule has 1 aromatic rings. The van der Waals surface area contributed by atoms with Crippen LogP contribution in [0, 0.1) is 22.5 Å². The number of likely N-dealkylation sites (tertiary alicyclic amines) is 1. The average Bonchev–Trinajstić information content (AvgIpc) is 2.85. The molecule has 22 heavy (non-hydrogen) atoms. The van der Waals surface area contributed by atoms with Crippen molar-refractivity contribution in [1.29, 1.82) is 0 Å². The number of aryl methyl sites for hydroxylation is 1. The lowest BCUT2D eigenvalue weighted by molar-refractivity contribution is -0.384. The van der Waals surface area contributed by atoms with Crippen molar-refractivity contribution in [2.24, 2.45) is 5.41 Å². The van der Waals surface area contributed by atoms with Crippen molar-refractivity contribution in [2.45, 2.75) is 20.3 Å². The number of carbonyl (C=O) groups is 2. The van der Waals surface area contributed by atoms with Crippen LogP contribution in [0.4, 0.5) is 16.2 Å². The van der Waals surface area contributed by atoms with Crippen LogP contribution in [0.1, 0.15) is 18.9 Å². The molecular weight excluding hydrogens is 290 g/mol. The lowest BCUT2D eigenvalue weighted by Gasteiger charge is -2.21. The topological polar surface area (TPSA) is 113 Å². The number of hydrogen-bond acceptors (Lipinski definition) is 4. The monoisotopic (exact) mass is 307 g/mol. The largest absolute Gasteiger partial charge is 0.481 e. The van der Waals surface area contributed by atoms with E-state index in [1.807, 2.05) is 0 Å². The van der Waals surface area contributed by atoms with E-state index in [1.165, 1.54) is 17.0 Å². The van der Waals surface area contributed by atoms with E-state index in [-0.39, 0.29) is 12.2 Å². The number of rotatable bonds is 3. The summed E-state index contributed by atoms with van der Waals surface area (Å²) in [6, 6.07) is 3.76. The highest BCUT2D eigenvalue weighted by Crippen LogP contribution is 2.31. The van der Waals surface area contributed by atoms with Gasteiger partial charge in [-0.3, -0.25) is 14.9 Å². The van der Waals surface area contributed by atoms with Gasteiger partial charge >= 0.3 is 12.0 Å². The molecule has 2 N–H and O–H groups in total. The zero-order valence-corrected chi connectivity index (χ0v) is 12.3. The highest BCUT2D eigenvalue weighted by Gasteiger charge is 2.42. The van der Waals surface area contributed by atoms with E-state index in [4.69, 9.17) is 0 Å². The Balaban J connectivity index is 2.12. The minimum atomic E-state index is -0.949. The van der Waals surface area contributed by atoms with Gasteiger partial charge in [-0.2, -0.15) is 0 Å². The maximum absolute atomic E-state index is 12.2. The highest BCUT2D eigenvalue weighted by atomic mass is 16.6. The molecule has 1 atom stereocenters. The lowest BCUT2D eigenvalue weighted by atomic mass is 9.90. The number of nitrogens with zero attached hydrogens (tertiary/aromatic N) is 2. The molecule has 118 valence electrons. The summed E-state index contributed by atoms with van der Waals surface area (Å²) in [5.74, 6) is -0.936. The van der Waals surface area contributed by atoms with Gasteiger partial charge in [0.1, 0.15) is 0 Å². The Morgan fingerprint density at radius 2 is 2.14 bits per heavy atom. The number of carbonyl (C=O) groups excluding carboxylic acids is 1. The Morgan fingerprint density at radius 3 is 2.68 bits per heavy atom. The second kappa shape index (κ2) is 5.63. The third-order valence-corrected chi connectivity index (χ3v) is 3.95. The van der Waals surface area contributed by atoms with Crippen molar-refractivity contribution >= 4 is 23.4 Å². The SMILES string of the molecule is Cc1ccc([N+](=O)[O-])cc1NC(=O)N1CCC(C)(C(=O)O)C1. The summed E-state index contributed by atoms with van der Waals surface area (Å²) in [5, 5.41) is 22.6. The fourth-order valence-corrected chi connectivity index (χ4v) is 2.36. The second-order valence-corrected chi connectivity index (χ2v) is 5.72. The van der Waals surface area contributed by atoms with Crippen LogP contribution in [0.2, 0.25) is 0 Å². The number of benzene rings is 1. The molecule has 1 unspecified atom stereocenters. The fraction of sp³-hybridized carbons (Fsp3) is 0.429. The number of carboxylic acid groups (broad SMARTS) is 1. The lowest BCUT2D eigenvalue weighted by Crippen LogP contribution is -2.37. The number of urea groups is 1. The fourth-order valence-electron chi connectivity index (χ4n) is 2.36. The van der Waals surface area contributed by atoms with Gasteiger partial charge in [0.05, 0.1) is 16.0 Å². The van der Waals surface area contributed by atoms with Gasteiger partial charge < -0.3 is 15.3 Å². The molecule has 0 aromatic heterocycles. The molecule has 0 spiro atoms. The predicted molar refractivity (Wildman–Crippen MR) is 78.8 cm³/mol. The van der Waals surface area contributed by atoms with E-state index in [9.17, 15) is 24.8 Å². The third kappa shape index (κ3) is 3.00. The molecule has 1 heterocycles. The van der Waals surface area contributed by atoms with E-state index >= 15 is 0 Å². The zero-order valence-electron chi connectivity index (χ0n) is 12.3. The number of nitro groups is 1.